The van der Waals surface area contributed by atoms with Crippen LogP contribution >= 0.6 is 11.8 Å². The molecule has 0 amide bonds. The van der Waals surface area contributed by atoms with Gasteiger partial charge in [-0.25, -0.2) is 8.42 Å². The second-order valence-electron chi connectivity index (χ2n) is 3.79. The third kappa shape index (κ3) is 4.55. The van der Waals surface area contributed by atoms with Crippen molar-refractivity contribution in [1.29, 1.82) is 0 Å². The van der Waals surface area contributed by atoms with E-state index in [9.17, 15) is 8.42 Å². The molecule has 1 aromatic carbocycles. The number of thioether (sulfide) groups is 1. The molecule has 0 spiro atoms. The predicted octanol–water partition coefficient (Wildman–Crippen LogP) is 1.59. The highest BCUT2D eigenvalue weighted by Gasteiger charge is 2.05. The number of sulfone groups is 1. The summed E-state index contributed by atoms with van der Waals surface area (Å²) in [5, 5.41) is 0. The molecule has 3 nitrogen and oxygen atoms in total. The number of hydrogen-bond acceptors (Lipinski definition) is 4. The normalized spacial score (nSPS) is 11.7. The average molecular weight is 259 g/mol. The Morgan fingerprint density at radius 3 is 2.62 bits per heavy atom. The number of hydrogen-bond donors (Lipinski definition) is 1. The van der Waals surface area contributed by atoms with Crippen molar-refractivity contribution in [3.8, 4) is 0 Å². The highest BCUT2D eigenvalue weighted by Crippen LogP contribution is 2.23. The van der Waals surface area contributed by atoms with Gasteiger partial charge in [0.15, 0.2) is 0 Å². The number of aryl methyl sites for hydroxylation is 1. The van der Waals surface area contributed by atoms with Crippen LogP contribution < -0.4 is 5.73 Å². The van der Waals surface area contributed by atoms with Gasteiger partial charge in [-0.1, -0.05) is 12.1 Å². The van der Waals surface area contributed by atoms with Crippen LogP contribution in [-0.4, -0.2) is 26.2 Å². The van der Waals surface area contributed by atoms with Crippen molar-refractivity contribution in [2.75, 3.05) is 17.8 Å². The lowest BCUT2D eigenvalue weighted by Crippen LogP contribution is -2.06. The van der Waals surface area contributed by atoms with Crippen LogP contribution in [-0.2, 0) is 16.4 Å². The molecule has 0 unspecified atom stereocenters. The lowest BCUT2D eigenvalue weighted by atomic mass is 10.1. The summed E-state index contributed by atoms with van der Waals surface area (Å²) in [5.41, 5.74) is 7.87. The van der Waals surface area contributed by atoms with Crippen molar-refractivity contribution in [2.24, 2.45) is 5.73 Å². The first-order valence-corrected chi connectivity index (χ1v) is 8.07. The number of nitrogens with two attached hydrogens (primary N) is 1. The van der Waals surface area contributed by atoms with Crippen LogP contribution in [0.1, 0.15) is 11.1 Å². The van der Waals surface area contributed by atoms with Gasteiger partial charge in [0.25, 0.3) is 0 Å². The van der Waals surface area contributed by atoms with Gasteiger partial charge in [-0.3, -0.25) is 0 Å². The van der Waals surface area contributed by atoms with Crippen LogP contribution in [0.2, 0.25) is 0 Å². The van der Waals surface area contributed by atoms with Crippen LogP contribution in [0.4, 0.5) is 0 Å². The van der Waals surface area contributed by atoms with Crippen LogP contribution in [0, 0.1) is 6.92 Å². The van der Waals surface area contributed by atoms with E-state index in [1.54, 1.807) is 11.8 Å². The Labute approximate surface area is 101 Å². The minimum atomic E-state index is -2.88. The second-order valence-corrected chi connectivity index (χ2v) is 7.19. The minimum absolute atomic E-state index is 0.204. The van der Waals surface area contributed by atoms with E-state index in [4.69, 9.17) is 5.73 Å². The zero-order valence-corrected chi connectivity index (χ0v) is 11.2. The Bertz CT molecular complexity index is 455. The molecule has 0 radical (unpaired) electrons. The zero-order chi connectivity index (χ0) is 12.2. The second kappa shape index (κ2) is 5.70. The smallest absolute Gasteiger partial charge is 0.148 e. The summed E-state index contributed by atoms with van der Waals surface area (Å²) in [6, 6.07) is 6.07. The van der Waals surface area contributed by atoms with E-state index in [-0.39, 0.29) is 5.75 Å². The van der Waals surface area contributed by atoms with Gasteiger partial charge >= 0.3 is 0 Å². The van der Waals surface area contributed by atoms with E-state index in [0.29, 0.717) is 12.3 Å². The zero-order valence-electron chi connectivity index (χ0n) is 9.56. The first kappa shape index (κ1) is 13.5. The molecule has 90 valence electrons. The molecule has 0 bridgehead atoms. The van der Waals surface area contributed by atoms with Gasteiger partial charge in [0, 0.05) is 23.4 Å². The molecule has 0 aliphatic carbocycles. The van der Waals surface area contributed by atoms with Gasteiger partial charge in [0.2, 0.25) is 0 Å². The topological polar surface area (TPSA) is 60.2 Å². The fraction of sp³-hybridized carbons (Fsp3) is 0.455. The van der Waals surface area contributed by atoms with Crippen molar-refractivity contribution in [1.82, 2.24) is 0 Å². The third-order valence-electron chi connectivity index (χ3n) is 2.15. The maximum Gasteiger partial charge on any atom is 0.148 e. The Morgan fingerprint density at radius 1 is 1.38 bits per heavy atom. The highest BCUT2D eigenvalue weighted by molar-refractivity contribution is 8.00. The number of rotatable bonds is 5. The summed E-state index contributed by atoms with van der Waals surface area (Å²) >= 11 is 1.55. The van der Waals surface area contributed by atoms with Crippen molar-refractivity contribution in [3.63, 3.8) is 0 Å². The Balaban J connectivity index is 2.69. The molecule has 0 fully saturated rings. The van der Waals surface area contributed by atoms with Gasteiger partial charge in [0.05, 0.1) is 5.75 Å². The Kier molecular flexibility index (Phi) is 4.83. The largest absolute Gasteiger partial charge is 0.326 e. The van der Waals surface area contributed by atoms with E-state index < -0.39 is 9.84 Å². The first-order valence-electron chi connectivity index (χ1n) is 5.02. The van der Waals surface area contributed by atoms with E-state index >= 15 is 0 Å². The van der Waals surface area contributed by atoms with Crippen molar-refractivity contribution in [3.05, 3.63) is 29.3 Å². The van der Waals surface area contributed by atoms with Gasteiger partial charge in [-0.15, -0.1) is 11.8 Å². The van der Waals surface area contributed by atoms with Crippen molar-refractivity contribution in [2.45, 2.75) is 18.4 Å². The summed E-state index contributed by atoms with van der Waals surface area (Å²) in [6.45, 7) is 2.50. The fourth-order valence-corrected chi connectivity index (χ4v) is 3.64. The van der Waals surface area contributed by atoms with Crippen molar-refractivity contribution < 1.29 is 8.42 Å². The minimum Gasteiger partial charge on any atom is -0.326 e. The number of benzene rings is 1. The summed E-state index contributed by atoms with van der Waals surface area (Å²) in [5.74, 6) is 0.783. The van der Waals surface area contributed by atoms with E-state index in [1.807, 2.05) is 19.1 Å². The average Bonchev–Trinajstić information content (AvgIpc) is 2.16. The first-order chi connectivity index (χ1) is 7.42. The molecular formula is C11H17NO2S2. The standard InChI is InChI=1S/C11H17NO2S2/c1-9-3-4-10(8-12)11(7-9)15-5-6-16(2,13)14/h3-4,7H,5-6,8,12H2,1-2H3. The Morgan fingerprint density at radius 2 is 2.06 bits per heavy atom. The lowest BCUT2D eigenvalue weighted by Gasteiger charge is -2.08. The Hall–Kier alpha value is -0.520. The van der Waals surface area contributed by atoms with Gasteiger partial charge in [-0.05, 0) is 24.1 Å². The van der Waals surface area contributed by atoms with E-state index in [1.165, 1.54) is 11.8 Å². The molecule has 5 heteroatoms. The quantitative estimate of drug-likeness (QED) is 0.816. The summed E-state index contributed by atoms with van der Waals surface area (Å²) in [6.07, 6.45) is 1.26. The third-order valence-corrected chi connectivity index (χ3v) is 4.46. The van der Waals surface area contributed by atoms with Gasteiger partial charge in [-0.2, -0.15) is 0 Å². The predicted molar refractivity (Wildman–Crippen MR) is 69.5 cm³/mol. The summed E-state index contributed by atoms with van der Waals surface area (Å²) in [7, 11) is -2.88. The van der Waals surface area contributed by atoms with Crippen LogP contribution in [0.5, 0.6) is 0 Å². The molecule has 1 aromatic rings. The van der Waals surface area contributed by atoms with Crippen LogP contribution in [0.25, 0.3) is 0 Å². The maximum absolute atomic E-state index is 11.0. The van der Waals surface area contributed by atoms with Crippen molar-refractivity contribution >= 4 is 21.6 Å². The monoisotopic (exact) mass is 259 g/mol. The lowest BCUT2D eigenvalue weighted by molar-refractivity contribution is 0.603. The molecule has 0 saturated carbocycles. The van der Waals surface area contributed by atoms with Crippen LogP contribution in [0.3, 0.4) is 0 Å². The van der Waals surface area contributed by atoms with Crippen LogP contribution in [0.15, 0.2) is 23.1 Å². The van der Waals surface area contributed by atoms with E-state index in [2.05, 4.69) is 6.07 Å². The fourth-order valence-electron chi connectivity index (χ4n) is 1.27. The summed E-state index contributed by atoms with van der Waals surface area (Å²) < 4.78 is 22.0. The van der Waals surface area contributed by atoms with Gasteiger partial charge < -0.3 is 5.73 Å². The SMILES string of the molecule is Cc1ccc(CN)c(SCCS(C)(=O)=O)c1. The maximum atomic E-state index is 11.0. The molecule has 0 aliphatic heterocycles. The molecule has 2 N–H and O–H groups in total. The molecular weight excluding hydrogens is 242 g/mol. The molecule has 16 heavy (non-hydrogen) atoms. The molecule has 0 atom stereocenters. The van der Waals surface area contributed by atoms with E-state index in [0.717, 1.165) is 10.5 Å². The molecule has 1 rings (SSSR count). The van der Waals surface area contributed by atoms with Gasteiger partial charge in [0.1, 0.15) is 9.84 Å². The molecule has 0 aromatic heterocycles. The molecule has 0 saturated heterocycles. The molecule has 0 heterocycles. The highest BCUT2D eigenvalue weighted by atomic mass is 32.2. The molecule has 0 aliphatic rings. The summed E-state index contributed by atoms with van der Waals surface area (Å²) in [4.78, 5) is 1.09.